The highest BCUT2D eigenvalue weighted by molar-refractivity contribution is 8.26. The molecule has 1 aromatic heterocycles. The van der Waals surface area contributed by atoms with Crippen molar-refractivity contribution < 1.29 is 21.6 Å². The van der Waals surface area contributed by atoms with Crippen LogP contribution >= 0.6 is 23.4 Å². The number of hydrogen-bond donors (Lipinski definition) is 3. The largest absolute Gasteiger partial charge is 0.417 e. The van der Waals surface area contributed by atoms with E-state index in [1.54, 1.807) is 26.0 Å². The van der Waals surface area contributed by atoms with Crippen molar-refractivity contribution in [1.29, 1.82) is 5.41 Å². The van der Waals surface area contributed by atoms with Gasteiger partial charge in [0.05, 0.1) is 20.5 Å². The van der Waals surface area contributed by atoms with Gasteiger partial charge in [0.2, 0.25) is 0 Å². The van der Waals surface area contributed by atoms with Crippen molar-refractivity contribution in [3.8, 4) is 0 Å². The van der Waals surface area contributed by atoms with E-state index in [4.69, 9.17) is 22.7 Å². The Kier molecular flexibility index (Phi) is 8.38. The van der Waals surface area contributed by atoms with Crippen molar-refractivity contribution >= 4 is 49.4 Å². The minimum Gasteiger partial charge on any atom is -0.377 e. The lowest BCUT2D eigenvalue weighted by atomic mass is 9.94. The maximum absolute atomic E-state index is 12.9. The molecule has 0 saturated heterocycles. The lowest BCUT2D eigenvalue weighted by molar-refractivity contribution is -0.137. The first-order valence-corrected chi connectivity index (χ1v) is 13.4. The summed E-state index contributed by atoms with van der Waals surface area (Å²) in [5.41, 5.74) is 5.66. The van der Waals surface area contributed by atoms with Crippen LogP contribution in [0.5, 0.6) is 0 Å². The number of nitrogens with two attached hydrogens (primary N) is 1. The van der Waals surface area contributed by atoms with Gasteiger partial charge in [-0.25, -0.2) is 4.98 Å². The monoisotopic (exact) mass is 547 g/mol. The van der Waals surface area contributed by atoms with Crippen molar-refractivity contribution in [2.24, 2.45) is 16.0 Å². The highest BCUT2D eigenvalue weighted by Gasteiger charge is 2.33. The number of amidine groups is 1. The first-order valence-electron chi connectivity index (χ1n) is 10.7. The molecule has 1 saturated carbocycles. The van der Waals surface area contributed by atoms with Crippen molar-refractivity contribution in [1.82, 2.24) is 4.98 Å². The molecule has 35 heavy (non-hydrogen) atoms. The molecule has 2 atom stereocenters. The highest BCUT2D eigenvalue weighted by atomic mass is 35.5. The number of alkyl halides is 3. The van der Waals surface area contributed by atoms with E-state index < -0.39 is 21.8 Å². The van der Waals surface area contributed by atoms with E-state index in [9.17, 15) is 21.6 Å². The molecule has 1 aromatic carbocycles. The van der Waals surface area contributed by atoms with Crippen LogP contribution in [0, 0.1) is 11.3 Å². The Morgan fingerprint density at radius 3 is 2.51 bits per heavy atom. The quantitative estimate of drug-likeness (QED) is 0.307. The molecular formula is C22H25ClF3N5O2S2. The fraction of sp³-hybridized carbons (Fsp3) is 0.409. The Hall–Kier alpha value is -2.31. The van der Waals surface area contributed by atoms with Gasteiger partial charge in [-0.05, 0) is 48.4 Å². The molecule has 2 aromatic rings. The van der Waals surface area contributed by atoms with Crippen LogP contribution < -0.4 is 11.1 Å². The maximum atomic E-state index is 12.9. The third-order valence-corrected chi connectivity index (χ3v) is 8.26. The zero-order valence-corrected chi connectivity index (χ0v) is 21.3. The van der Waals surface area contributed by atoms with Crippen LogP contribution in [0.15, 0.2) is 45.8 Å². The molecule has 4 N–H and O–H groups in total. The summed E-state index contributed by atoms with van der Waals surface area (Å²) in [6.07, 6.45) is -1.35. The van der Waals surface area contributed by atoms with Gasteiger partial charge in [-0.15, -0.1) is 4.40 Å². The average Bonchev–Trinajstić information content (AvgIpc) is 3.22. The number of anilines is 1. The second-order valence-electron chi connectivity index (χ2n) is 8.44. The predicted octanol–water partition coefficient (Wildman–Crippen LogP) is 5.87. The van der Waals surface area contributed by atoms with E-state index in [2.05, 4.69) is 14.7 Å². The smallest absolute Gasteiger partial charge is 0.377 e. The molecule has 7 nitrogen and oxygen atoms in total. The standard InChI is InChI=1S/C22H25ClF3N5O2S2/c1-12(2)19(27)34-21(28)31-35(32,33)15-8-6-13(7-9-15)16-4-3-5-18(16)30-20-17(23)10-14(11-29-20)22(24,25)26/h6-12,16,18,27H,3-5H2,1-2H3,(H2,28,31)(H,29,30)/t16-,18+/m0/s1. The molecule has 190 valence electrons. The van der Waals surface area contributed by atoms with Crippen LogP contribution in [-0.4, -0.2) is 29.7 Å². The number of thioether (sulfide) groups is 1. The summed E-state index contributed by atoms with van der Waals surface area (Å²) in [5.74, 6) is 0.0592. The first-order chi connectivity index (χ1) is 16.3. The average molecular weight is 548 g/mol. The predicted molar refractivity (Wildman–Crippen MR) is 134 cm³/mol. The number of benzene rings is 1. The van der Waals surface area contributed by atoms with Gasteiger partial charge < -0.3 is 11.1 Å². The first kappa shape index (κ1) is 27.3. The maximum Gasteiger partial charge on any atom is 0.417 e. The molecule has 1 heterocycles. The molecule has 0 amide bonds. The second kappa shape index (κ2) is 10.8. The van der Waals surface area contributed by atoms with Crippen molar-refractivity contribution in [2.45, 2.75) is 56.1 Å². The Bertz CT molecular complexity index is 1220. The second-order valence-corrected chi connectivity index (χ2v) is 11.5. The minimum atomic E-state index is -4.53. The summed E-state index contributed by atoms with van der Waals surface area (Å²) in [5, 5.41) is 10.8. The highest BCUT2D eigenvalue weighted by Crippen LogP contribution is 2.38. The lowest BCUT2D eigenvalue weighted by Crippen LogP contribution is -2.23. The number of nitrogens with zero attached hydrogens (tertiary/aromatic N) is 2. The third kappa shape index (κ3) is 6.89. The van der Waals surface area contributed by atoms with Crippen LogP contribution in [0.25, 0.3) is 0 Å². The van der Waals surface area contributed by atoms with Gasteiger partial charge in [0, 0.05) is 24.1 Å². The molecule has 1 aliphatic carbocycles. The summed E-state index contributed by atoms with van der Waals surface area (Å²) < 4.78 is 67.4. The number of rotatable bonds is 6. The molecule has 0 aliphatic heterocycles. The van der Waals surface area contributed by atoms with E-state index in [-0.39, 0.29) is 43.8 Å². The SMILES string of the molecule is CC(C)C(=N)SC(N)=NS(=O)(=O)c1ccc([C@@H]2CCC[C@H]2Nc2ncc(C(F)(F)F)cc2Cl)cc1. The third-order valence-electron chi connectivity index (χ3n) is 5.56. The summed E-state index contributed by atoms with van der Waals surface area (Å²) in [4.78, 5) is 3.82. The Labute approximate surface area is 211 Å². The van der Waals surface area contributed by atoms with Crippen LogP contribution in [0.1, 0.15) is 50.2 Å². The van der Waals surface area contributed by atoms with E-state index in [1.165, 1.54) is 12.1 Å². The molecule has 1 aliphatic rings. The van der Waals surface area contributed by atoms with E-state index in [1.807, 2.05) is 0 Å². The fourth-order valence-corrected chi connectivity index (χ4v) is 5.66. The minimum absolute atomic E-state index is 0.0115. The van der Waals surface area contributed by atoms with Gasteiger partial charge in [0.1, 0.15) is 5.82 Å². The number of aromatic nitrogens is 1. The van der Waals surface area contributed by atoms with Crippen LogP contribution in [-0.2, 0) is 16.2 Å². The summed E-state index contributed by atoms with van der Waals surface area (Å²) in [6, 6.07) is 6.97. The number of sulfonamides is 1. The molecule has 0 spiro atoms. The van der Waals surface area contributed by atoms with Gasteiger partial charge >= 0.3 is 6.18 Å². The van der Waals surface area contributed by atoms with Crippen molar-refractivity contribution in [3.63, 3.8) is 0 Å². The summed E-state index contributed by atoms with van der Waals surface area (Å²) in [6.45, 7) is 3.59. The molecule has 13 heteroatoms. The van der Waals surface area contributed by atoms with Gasteiger partial charge in [-0.1, -0.05) is 44.0 Å². The normalized spacial score (nSPS) is 19.2. The fourth-order valence-electron chi connectivity index (χ4n) is 3.71. The molecule has 0 unspecified atom stereocenters. The number of hydrogen-bond acceptors (Lipinski definition) is 6. The number of halogens is 4. The van der Waals surface area contributed by atoms with Crippen LogP contribution in [0.2, 0.25) is 5.02 Å². The molecule has 3 rings (SSSR count). The van der Waals surface area contributed by atoms with Gasteiger partial charge in [-0.2, -0.15) is 21.6 Å². The van der Waals surface area contributed by atoms with E-state index in [0.29, 0.717) is 0 Å². The molecule has 0 radical (unpaired) electrons. The zero-order valence-electron chi connectivity index (χ0n) is 18.9. The molecule has 0 bridgehead atoms. The van der Waals surface area contributed by atoms with Gasteiger partial charge in [0.25, 0.3) is 10.0 Å². The molecule has 1 fully saturated rings. The Morgan fingerprint density at radius 1 is 1.29 bits per heavy atom. The van der Waals surface area contributed by atoms with E-state index in [0.717, 1.165) is 48.9 Å². The molecular weight excluding hydrogens is 523 g/mol. The van der Waals surface area contributed by atoms with Crippen LogP contribution in [0.3, 0.4) is 0 Å². The van der Waals surface area contributed by atoms with Crippen molar-refractivity contribution in [2.75, 3.05) is 5.32 Å². The van der Waals surface area contributed by atoms with Gasteiger partial charge in [0.15, 0.2) is 5.17 Å². The van der Waals surface area contributed by atoms with Gasteiger partial charge in [-0.3, -0.25) is 5.41 Å². The van der Waals surface area contributed by atoms with Crippen LogP contribution in [0.4, 0.5) is 19.0 Å². The van der Waals surface area contributed by atoms with Crippen molar-refractivity contribution in [3.05, 3.63) is 52.7 Å². The number of nitrogens with one attached hydrogen (secondary N) is 2. The summed E-state index contributed by atoms with van der Waals surface area (Å²) in [7, 11) is -4.04. The zero-order chi connectivity index (χ0) is 26.0. The summed E-state index contributed by atoms with van der Waals surface area (Å²) >= 11 is 6.84. The number of pyridine rings is 1. The Morgan fingerprint density at radius 2 is 1.94 bits per heavy atom. The topological polar surface area (TPSA) is 121 Å². The Balaban J connectivity index is 1.74. The lowest BCUT2D eigenvalue weighted by Gasteiger charge is -2.23. The van der Waals surface area contributed by atoms with E-state index >= 15 is 0 Å².